The zero-order valence-corrected chi connectivity index (χ0v) is 10.3. The van der Waals surface area contributed by atoms with Crippen LogP contribution in [0.3, 0.4) is 0 Å². The molecule has 2 heterocycles. The molecular formula is C14H11N3O2. The summed E-state index contributed by atoms with van der Waals surface area (Å²) in [4.78, 5) is 3.95. The summed E-state index contributed by atoms with van der Waals surface area (Å²) in [7, 11) is 1.63. The molecule has 5 nitrogen and oxygen atoms in total. The Morgan fingerprint density at radius 2 is 1.42 bits per heavy atom. The molecule has 0 spiro atoms. The van der Waals surface area contributed by atoms with Crippen molar-refractivity contribution in [1.29, 1.82) is 0 Å². The smallest absolute Gasteiger partial charge is 0.248 e. The molecule has 0 fully saturated rings. The highest BCUT2D eigenvalue weighted by atomic mass is 16.5. The first-order valence-corrected chi connectivity index (χ1v) is 5.75. The lowest BCUT2D eigenvalue weighted by molar-refractivity contribution is 0.415. The minimum Gasteiger partial charge on any atom is -0.497 e. The molecule has 0 radical (unpaired) electrons. The number of methoxy groups -OCH3 is 1. The molecule has 94 valence electrons. The Balaban J connectivity index is 1.92. The number of rotatable bonds is 3. The summed E-state index contributed by atoms with van der Waals surface area (Å²) in [6.45, 7) is 0. The maximum absolute atomic E-state index is 5.64. The fourth-order valence-corrected chi connectivity index (χ4v) is 1.68. The molecule has 0 amide bonds. The van der Waals surface area contributed by atoms with Crippen LogP contribution in [0.25, 0.3) is 22.9 Å². The predicted octanol–water partition coefficient (Wildman–Crippen LogP) is 2.81. The molecule has 0 N–H and O–H groups in total. The standard InChI is InChI=1S/C14H11N3O2/c1-18-12-4-2-10(3-5-12)13-16-17-14(19-13)11-6-8-15-9-7-11/h2-9H,1H3. The number of hydrogen-bond donors (Lipinski definition) is 0. The Labute approximate surface area is 109 Å². The van der Waals surface area contributed by atoms with E-state index >= 15 is 0 Å². The zero-order valence-electron chi connectivity index (χ0n) is 10.3. The quantitative estimate of drug-likeness (QED) is 0.718. The normalized spacial score (nSPS) is 10.4. The molecule has 1 aromatic carbocycles. The van der Waals surface area contributed by atoms with Crippen LogP contribution < -0.4 is 4.74 Å². The Morgan fingerprint density at radius 3 is 2.00 bits per heavy atom. The molecule has 0 atom stereocenters. The van der Waals surface area contributed by atoms with Gasteiger partial charge in [0.15, 0.2) is 0 Å². The summed E-state index contributed by atoms with van der Waals surface area (Å²) in [6.07, 6.45) is 3.37. The SMILES string of the molecule is COc1ccc(-c2nnc(-c3ccncc3)o2)cc1. The van der Waals surface area contributed by atoms with Gasteiger partial charge >= 0.3 is 0 Å². The van der Waals surface area contributed by atoms with Gasteiger partial charge in [0.25, 0.3) is 0 Å². The minimum absolute atomic E-state index is 0.480. The first-order chi connectivity index (χ1) is 9.36. The summed E-state index contributed by atoms with van der Waals surface area (Å²) in [5, 5.41) is 8.07. The Hall–Kier alpha value is -2.69. The lowest BCUT2D eigenvalue weighted by Gasteiger charge is -1.99. The van der Waals surface area contributed by atoms with Crippen molar-refractivity contribution >= 4 is 0 Å². The predicted molar refractivity (Wildman–Crippen MR) is 69.5 cm³/mol. The van der Waals surface area contributed by atoms with E-state index < -0.39 is 0 Å². The fourth-order valence-electron chi connectivity index (χ4n) is 1.68. The molecule has 0 aliphatic heterocycles. The van der Waals surface area contributed by atoms with E-state index in [1.165, 1.54) is 0 Å². The topological polar surface area (TPSA) is 61.0 Å². The van der Waals surface area contributed by atoms with Crippen LogP contribution in [0.5, 0.6) is 5.75 Å². The molecule has 0 aliphatic carbocycles. The van der Waals surface area contributed by atoms with Crippen LogP contribution in [0.1, 0.15) is 0 Å². The van der Waals surface area contributed by atoms with Gasteiger partial charge in [0.2, 0.25) is 11.8 Å². The third-order valence-corrected chi connectivity index (χ3v) is 2.69. The van der Waals surface area contributed by atoms with Gasteiger partial charge in [-0.25, -0.2) is 0 Å². The van der Waals surface area contributed by atoms with Gasteiger partial charge in [0.05, 0.1) is 7.11 Å². The van der Waals surface area contributed by atoms with Crippen molar-refractivity contribution in [2.45, 2.75) is 0 Å². The van der Waals surface area contributed by atoms with Gasteiger partial charge in [-0.2, -0.15) is 0 Å². The monoisotopic (exact) mass is 253 g/mol. The number of pyridine rings is 1. The molecule has 0 unspecified atom stereocenters. The maximum Gasteiger partial charge on any atom is 0.248 e. The summed E-state index contributed by atoms with van der Waals surface area (Å²) in [5.74, 6) is 1.75. The van der Waals surface area contributed by atoms with Crippen LogP contribution >= 0.6 is 0 Å². The van der Waals surface area contributed by atoms with Crippen LogP contribution in [0.15, 0.2) is 53.2 Å². The second kappa shape index (κ2) is 4.89. The second-order valence-electron chi connectivity index (χ2n) is 3.88. The molecule has 0 saturated heterocycles. The van der Waals surface area contributed by atoms with E-state index in [1.54, 1.807) is 19.5 Å². The van der Waals surface area contributed by atoms with E-state index in [9.17, 15) is 0 Å². The minimum atomic E-state index is 0.480. The summed E-state index contributed by atoms with van der Waals surface area (Å²) >= 11 is 0. The third-order valence-electron chi connectivity index (χ3n) is 2.69. The average molecular weight is 253 g/mol. The number of hydrogen-bond acceptors (Lipinski definition) is 5. The second-order valence-corrected chi connectivity index (χ2v) is 3.88. The van der Waals surface area contributed by atoms with Crippen molar-refractivity contribution in [2.75, 3.05) is 7.11 Å². The van der Waals surface area contributed by atoms with Gasteiger partial charge < -0.3 is 9.15 Å². The molecule has 3 aromatic rings. The van der Waals surface area contributed by atoms with Crippen LogP contribution in [0, 0.1) is 0 Å². The van der Waals surface area contributed by atoms with Crippen molar-refractivity contribution in [3.8, 4) is 28.7 Å². The summed E-state index contributed by atoms with van der Waals surface area (Å²) in [5.41, 5.74) is 1.70. The molecule has 3 rings (SSSR count). The lowest BCUT2D eigenvalue weighted by Crippen LogP contribution is -1.82. The van der Waals surface area contributed by atoms with E-state index in [4.69, 9.17) is 9.15 Å². The first kappa shape index (κ1) is 11.4. The fraction of sp³-hybridized carbons (Fsp3) is 0.0714. The van der Waals surface area contributed by atoms with Crippen LogP contribution in [-0.4, -0.2) is 22.3 Å². The highest BCUT2D eigenvalue weighted by Crippen LogP contribution is 2.24. The van der Waals surface area contributed by atoms with E-state index in [-0.39, 0.29) is 0 Å². The molecule has 5 heteroatoms. The van der Waals surface area contributed by atoms with Crippen LogP contribution in [0.4, 0.5) is 0 Å². The molecule has 0 bridgehead atoms. The average Bonchev–Trinajstić information content (AvgIpc) is 2.98. The van der Waals surface area contributed by atoms with E-state index in [0.717, 1.165) is 16.9 Å². The van der Waals surface area contributed by atoms with E-state index in [2.05, 4.69) is 15.2 Å². The Morgan fingerprint density at radius 1 is 0.842 bits per heavy atom. The maximum atomic E-state index is 5.64. The number of ether oxygens (including phenoxy) is 1. The van der Waals surface area contributed by atoms with E-state index in [0.29, 0.717) is 11.8 Å². The lowest BCUT2D eigenvalue weighted by atomic mass is 10.2. The number of nitrogens with zero attached hydrogens (tertiary/aromatic N) is 3. The molecule has 0 aliphatic rings. The molecular weight excluding hydrogens is 242 g/mol. The van der Waals surface area contributed by atoms with Crippen molar-refractivity contribution in [2.24, 2.45) is 0 Å². The van der Waals surface area contributed by atoms with Gasteiger partial charge in [0, 0.05) is 23.5 Å². The van der Waals surface area contributed by atoms with Crippen LogP contribution in [-0.2, 0) is 0 Å². The third kappa shape index (κ3) is 2.30. The highest BCUT2D eigenvalue weighted by molar-refractivity contribution is 5.58. The Kier molecular flexibility index (Phi) is 2.94. The molecule has 0 saturated carbocycles. The van der Waals surface area contributed by atoms with Gasteiger partial charge in [-0.3, -0.25) is 4.98 Å². The molecule has 2 aromatic heterocycles. The number of benzene rings is 1. The summed E-state index contributed by atoms with van der Waals surface area (Å²) < 4.78 is 10.7. The van der Waals surface area contributed by atoms with Gasteiger partial charge in [-0.15, -0.1) is 10.2 Å². The van der Waals surface area contributed by atoms with Gasteiger partial charge in [0.1, 0.15) is 5.75 Å². The molecule has 19 heavy (non-hydrogen) atoms. The van der Waals surface area contributed by atoms with Crippen molar-refractivity contribution in [3.63, 3.8) is 0 Å². The van der Waals surface area contributed by atoms with Gasteiger partial charge in [-0.1, -0.05) is 0 Å². The van der Waals surface area contributed by atoms with Gasteiger partial charge in [-0.05, 0) is 36.4 Å². The zero-order chi connectivity index (χ0) is 13.1. The number of aromatic nitrogens is 3. The van der Waals surface area contributed by atoms with Crippen molar-refractivity contribution in [3.05, 3.63) is 48.8 Å². The van der Waals surface area contributed by atoms with Crippen LogP contribution in [0.2, 0.25) is 0 Å². The van der Waals surface area contributed by atoms with Crippen molar-refractivity contribution in [1.82, 2.24) is 15.2 Å². The first-order valence-electron chi connectivity index (χ1n) is 5.75. The van der Waals surface area contributed by atoms with E-state index in [1.807, 2.05) is 36.4 Å². The summed E-state index contributed by atoms with van der Waals surface area (Å²) in [6, 6.07) is 11.1. The Bertz CT molecular complexity index is 663. The largest absolute Gasteiger partial charge is 0.497 e. The highest BCUT2D eigenvalue weighted by Gasteiger charge is 2.10. The van der Waals surface area contributed by atoms with Crippen molar-refractivity contribution < 1.29 is 9.15 Å².